The van der Waals surface area contributed by atoms with Gasteiger partial charge in [0.15, 0.2) is 0 Å². The van der Waals surface area contributed by atoms with Gasteiger partial charge < -0.3 is 4.42 Å². The molecule has 10 aromatic carbocycles. The molecule has 0 fully saturated rings. The summed E-state index contributed by atoms with van der Waals surface area (Å²) in [6.45, 7) is 0. The van der Waals surface area contributed by atoms with E-state index < -0.39 is 0 Å². The van der Waals surface area contributed by atoms with Crippen molar-refractivity contribution in [2.24, 2.45) is 0 Å². The van der Waals surface area contributed by atoms with Crippen LogP contribution in [0.1, 0.15) is 22.6 Å². The lowest BCUT2D eigenvalue weighted by molar-refractivity contribution is 0.672. The van der Waals surface area contributed by atoms with Crippen LogP contribution in [0.15, 0.2) is 241 Å². The van der Waals surface area contributed by atoms with Gasteiger partial charge in [-0.1, -0.05) is 212 Å². The standard InChI is InChI=1S/C59H40O/c1-3-14-40(15-4-1)46-18-11-20-48(36-46)42-28-32-44(33-29-42)58(45-34-30-43(31-35-45)49-21-12-19-47(37-49)41-16-5-2-6-17-41)51-23-13-22-50(38-51)55-39-56-53-25-9-10-27-57(53)60-59(56)54-26-8-7-24-52(54)55/h1-39,58H. The van der Waals surface area contributed by atoms with Crippen molar-refractivity contribution < 1.29 is 4.42 Å². The molecule has 11 aromatic rings. The minimum absolute atomic E-state index is 0.00380. The van der Waals surface area contributed by atoms with Crippen molar-refractivity contribution in [2.45, 2.75) is 5.92 Å². The molecule has 0 atom stereocenters. The van der Waals surface area contributed by atoms with E-state index in [1.807, 2.05) is 6.07 Å². The first-order valence-electron chi connectivity index (χ1n) is 20.7. The molecule has 282 valence electrons. The van der Waals surface area contributed by atoms with Gasteiger partial charge in [-0.05, 0) is 102 Å². The average molecular weight is 765 g/mol. The monoisotopic (exact) mass is 764 g/mol. The lowest BCUT2D eigenvalue weighted by atomic mass is 9.82. The van der Waals surface area contributed by atoms with Crippen molar-refractivity contribution in [1.29, 1.82) is 0 Å². The Morgan fingerprint density at radius 1 is 0.250 bits per heavy atom. The maximum atomic E-state index is 6.48. The molecule has 0 saturated heterocycles. The van der Waals surface area contributed by atoms with Gasteiger partial charge in [0, 0.05) is 22.1 Å². The molecular formula is C59H40O. The van der Waals surface area contributed by atoms with E-state index in [-0.39, 0.29) is 5.92 Å². The molecule has 1 heterocycles. The second kappa shape index (κ2) is 15.2. The molecule has 0 bridgehead atoms. The predicted molar refractivity (Wildman–Crippen MR) is 252 cm³/mol. The van der Waals surface area contributed by atoms with Crippen molar-refractivity contribution in [1.82, 2.24) is 0 Å². The minimum atomic E-state index is 0.00380. The molecule has 0 aliphatic rings. The fourth-order valence-corrected chi connectivity index (χ4v) is 9.00. The van der Waals surface area contributed by atoms with E-state index in [4.69, 9.17) is 4.42 Å². The van der Waals surface area contributed by atoms with Gasteiger partial charge in [-0.3, -0.25) is 0 Å². The summed E-state index contributed by atoms with van der Waals surface area (Å²) in [5.74, 6) is 0.00380. The first-order valence-corrected chi connectivity index (χ1v) is 20.7. The van der Waals surface area contributed by atoms with E-state index in [1.54, 1.807) is 0 Å². The van der Waals surface area contributed by atoms with E-state index in [9.17, 15) is 0 Å². The molecule has 11 rings (SSSR count). The summed E-state index contributed by atoms with van der Waals surface area (Å²) in [7, 11) is 0. The molecule has 60 heavy (non-hydrogen) atoms. The van der Waals surface area contributed by atoms with Crippen molar-refractivity contribution in [3.05, 3.63) is 253 Å². The lowest BCUT2D eigenvalue weighted by Gasteiger charge is -2.21. The van der Waals surface area contributed by atoms with Gasteiger partial charge in [0.25, 0.3) is 0 Å². The smallest absolute Gasteiger partial charge is 0.143 e. The highest BCUT2D eigenvalue weighted by Crippen LogP contribution is 2.42. The Hall–Kier alpha value is -7.74. The van der Waals surface area contributed by atoms with Gasteiger partial charge >= 0.3 is 0 Å². The number of fused-ring (bicyclic) bond motifs is 5. The van der Waals surface area contributed by atoms with Gasteiger partial charge in [-0.25, -0.2) is 0 Å². The number of benzene rings is 10. The maximum absolute atomic E-state index is 6.48. The summed E-state index contributed by atoms with van der Waals surface area (Å²) in [6.07, 6.45) is 0. The number of hydrogen-bond donors (Lipinski definition) is 0. The summed E-state index contributed by atoms with van der Waals surface area (Å²) in [5, 5.41) is 4.58. The molecule has 0 unspecified atom stereocenters. The molecule has 0 spiro atoms. The van der Waals surface area contributed by atoms with Crippen molar-refractivity contribution in [3.63, 3.8) is 0 Å². The number of rotatable bonds is 8. The van der Waals surface area contributed by atoms with Gasteiger partial charge in [-0.15, -0.1) is 0 Å². The first kappa shape index (κ1) is 35.4. The molecular weight excluding hydrogens is 725 g/mol. The van der Waals surface area contributed by atoms with Gasteiger partial charge in [-0.2, -0.15) is 0 Å². The summed E-state index contributed by atoms with van der Waals surface area (Å²) in [4.78, 5) is 0. The summed E-state index contributed by atoms with van der Waals surface area (Å²) in [6, 6.07) is 85.8. The highest BCUT2D eigenvalue weighted by atomic mass is 16.3. The molecule has 0 N–H and O–H groups in total. The third-order valence-corrected chi connectivity index (χ3v) is 12.0. The van der Waals surface area contributed by atoms with E-state index in [1.165, 1.54) is 77.7 Å². The number of hydrogen-bond acceptors (Lipinski definition) is 1. The van der Waals surface area contributed by atoms with E-state index in [2.05, 4.69) is 231 Å². The molecule has 0 radical (unpaired) electrons. The Balaban J connectivity index is 1.02. The quantitative estimate of drug-likeness (QED) is 0.140. The summed E-state index contributed by atoms with van der Waals surface area (Å²) < 4.78 is 6.48. The highest BCUT2D eigenvalue weighted by Gasteiger charge is 2.20. The van der Waals surface area contributed by atoms with Crippen LogP contribution in [0.3, 0.4) is 0 Å². The molecule has 0 aliphatic heterocycles. The Bertz CT molecular complexity index is 3160. The lowest BCUT2D eigenvalue weighted by Crippen LogP contribution is -2.04. The summed E-state index contributed by atoms with van der Waals surface area (Å²) >= 11 is 0. The van der Waals surface area contributed by atoms with Crippen LogP contribution < -0.4 is 0 Å². The molecule has 0 aliphatic carbocycles. The zero-order valence-corrected chi connectivity index (χ0v) is 33.0. The second-order valence-electron chi connectivity index (χ2n) is 15.6. The SMILES string of the molecule is c1ccc(-c2cccc(-c3ccc(C(c4ccc(-c5cccc(-c6ccccc6)c5)cc4)c4cccc(-c5cc6c7ccccc7oc6c6ccccc56)c4)cc3)c2)cc1. The van der Waals surface area contributed by atoms with E-state index in [0.717, 1.165) is 27.3 Å². The Kier molecular flexibility index (Phi) is 8.98. The van der Waals surface area contributed by atoms with Crippen molar-refractivity contribution >= 4 is 32.7 Å². The fraction of sp³-hybridized carbons (Fsp3) is 0.0169. The fourth-order valence-electron chi connectivity index (χ4n) is 9.00. The van der Waals surface area contributed by atoms with Crippen LogP contribution in [0.5, 0.6) is 0 Å². The van der Waals surface area contributed by atoms with Crippen LogP contribution in [0.4, 0.5) is 0 Å². The first-order chi connectivity index (χ1) is 29.7. The van der Waals surface area contributed by atoms with Crippen LogP contribution >= 0.6 is 0 Å². The van der Waals surface area contributed by atoms with Crippen LogP contribution in [-0.4, -0.2) is 0 Å². The minimum Gasteiger partial charge on any atom is -0.455 e. The zero-order valence-electron chi connectivity index (χ0n) is 33.0. The maximum Gasteiger partial charge on any atom is 0.143 e. The molecule has 1 heteroatoms. The van der Waals surface area contributed by atoms with Gasteiger partial charge in [0.05, 0.1) is 0 Å². The van der Waals surface area contributed by atoms with E-state index >= 15 is 0 Å². The van der Waals surface area contributed by atoms with Gasteiger partial charge in [0.2, 0.25) is 0 Å². The van der Waals surface area contributed by atoms with Crippen LogP contribution in [0.2, 0.25) is 0 Å². The Labute approximate surface area is 350 Å². The van der Waals surface area contributed by atoms with Crippen molar-refractivity contribution in [3.8, 4) is 55.6 Å². The third kappa shape index (κ3) is 6.57. The van der Waals surface area contributed by atoms with Crippen LogP contribution in [0, 0.1) is 0 Å². The topological polar surface area (TPSA) is 13.1 Å². The number of furan rings is 1. The summed E-state index contributed by atoms with van der Waals surface area (Å²) in [5.41, 5.74) is 17.7. The van der Waals surface area contributed by atoms with Crippen molar-refractivity contribution in [2.75, 3.05) is 0 Å². The largest absolute Gasteiger partial charge is 0.455 e. The normalized spacial score (nSPS) is 11.5. The highest BCUT2D eigenvalue weighted by molar-refractivity contribution is 6.19. The average Bonchev–Trinajstić information content (AvgIpc) is 3.72. The van der Waals surface area contributed by atoms with Crippen LogP contribution in [-0.2, 0) is 0 Å². The molecule has 0 saturated carbocycles. The Morgan fingerprint density at radius 3 is 1.25 bits per heavy atom. The van der Waals surface area contributed by atoms with E-state index in [0.29, 0.717) is 0 Å². The van der Waals surface area contributed by atoms with Gasteiger partial charge in [0.1, 0.15) is 11.2 Å². The zero-order chi connectivity index (χ0) is 39.8. The second-order valence-corrected chi connectivity index (χ2v) is 15.6. The van der Waals surface area contributed by atoms with Crippen LogP contribution in [0.25, 0.3) is 88.3 Å². The number of para-hydroxylation sites is 1. The third-order valence-electron chi connectivity index (χ3n) is 12.0. The molecule has 1 aromatic heterocycles. The molecule has 0 amide bonds. The predicted octanol–water partition coefficient (Wildman–Crippen LogP) is 16.3. The Morgan fingerprint density at radius 2 is 0.683 bits per heavy atom. The molecule has 1 nitrogen and oxygen atoms in total.